The third-order valence-electron chi connectivity index (χ3n) is 4.82. The Morgan fingerprint density at radius 1 is 1.35 bits per heavy atom. The molecular formula is C20H21BrFNO3. The van der Waals surface area contributed by atoms with Crippen LogP contribution in [0.3, 0.4) is 0 Å². The van der Waals surface area contributed by atoms with Crippen molar-refractivity contribution in [3.63, 3.8) is 0 Å². The number of hydrogen-bond acceptors (Lipinski definition) is 3. The maximum atomic E-state index is 14.0. The summed E-state index contributed by atoms with van der Waals surface area (Å²) in [7, 11) is 1.56. The maximum absolute atomic E-state index is 14.0. The molecule has 2 aromatic rings. The number of likely N-dealkylation sites (tertiary alicyclic amines) is 1. The van der Waals surface area contributed by atoms with Gasteiger partial charge in [-0.05, 0) is 55.3 Å². The Morgan fingerprint density at radius 3 is 2.85 bits per heavy atom. The Labute approximate surface area is 160 Å². The first-order valence-corrected chi connectivity index (χ1v) is 9.34. The molecule has 4 nitrogen and oxygen atoms in total. The summed E-state index contributed by atoms with van der Waals surface area (Å²) in [5, 5.41) is 9.45. The predicted molar refractivity (Wildman–Crippen MR) is 101 cm³/mol. The van der Waals surface area contributed by atoms with Crippen LogP contribution >= 0.6 is 15.9 Å². The number of carboxylic acids is 1. The van der Waals surface area contributed by atoms with Crippen molar-refractivity contribution in [3.05, 3.63) is 63.9 Å². The first-order valence-electron chi connectivity index (χ1n) is 8.55. The molecule has 1 heterocycles. The number of carboxylic acid groups (broad SMARTS) is 1. The second kappa shape index (κ2) is 8.18. The molecule has 26 heavy (non-hydrogen) atoms. The van der Waals surface area contributed by atoms with Crippen molar-refractivity contribution in [1.29, 1.82) is 0 Å². The molecule has 1 aliphatic heterocycles. The Morgan fingerprint density at radius 2 is 2.15 bits per heavy atom. The average molecular weight is 422 g/mol. The zero-order chi connectivity index (χ0) is 18.7. The summed E-state index contributed by atoms with van der Waals surface area (Å²) in [6.45, 7) is 1.17. The van der Waals surface area contributed by atoms with Gasteiger partial charge < -0.3 is 9.84 Å². The van der Waals surface area contributed by atoms with Crippen LogP contribution in [0.1, 0.15) is 30.0 Å². The van der Waals surface area contributed by atoms with E-state index in [4.69, 9.17) is 4.74 Å². The van der Waals surface area contributed by atoms with Gasteiger partial charge in [-0.2, -0.15) is 0 Å². The number of methoxy groups -OCH3 is 1. The van der Waals surface area contributed by atoms with Gasteiger partial charge in [0.1, 0.15) is 11.6 Å². The molecular weight excluding hydrogens is 401 g/mol. The molecule has 1 fully saturated rings. The molecule has 2 unspecified atom stereocenters. The molecule has 0 spiro atoms. The normalized spacial score (nSPS) is 19.1. The van der Waals surface area contributed by atoms with Crippen molar-refractivity contribution in [1.82, 2.24) is 4.90 Å². The first-order chi connectivity index (χ1) is 12.5. The van der Waals surface area contributed by atoms with Crippen LogP contribution in [0, 0.1) is 11.7 Å². The van der Waals surface area contributed by atoms with Crippen molar-refractivity contribution < 1.29 is 19.0 Å². The standard InChI is InChI=1S/C20H21BrFNO3/c1-26-18-8-7-16(22)11-17(18)19(13-4-2-6-15(21)10-13)23-9-3-5-14(12-23)20(24)25/h2,4,6-8,10-11,14,19H,3,5,9,12H2,1H3,(H,24,25). The van der Waals surface area contributed by atoms with Gasteiger partial charge in [0.05, 0.1) is 19.1 Å². The van der Waals surface area contributed by atoms with Gasteiger partial charge in [0, 0.05) is 16.6 Å². The fraction of sp³-hybridized carbons (Fsp3) is 0.350. The summed E-state index contributed by atoms with van der Waals surface area (Å²) in [5.41, 5.74) is 1.67. The molecule has 0 radical (unpaired) electrons. The molecule has 138 valence electrons. The number of piperidine rings is 1. The quantitative estimate of drug-likeness (QED) is 0.772. The lowest BCUT2D eigenvalue weighted by Gasteiger charge is -2.38. The minimum atomic E-state index is -0.783. The van der Waals surface area contributed by atoms with Crippen molar-refractivity contribution in [2.24, 2.45) is 5.92 Å². The van der Waals surface area contributed by atoms with Crippen LogP contribution in [-0.2, 0) is 4.79 Å². The Kier molecular flexibility index (Phi) is 5.94. The fourth-order valence-corrected chi connectivity index (χ4v) is 4.04. The number of hydrogen-bond donors (Lipinski definition) is 1. The molecule has 0 aliphatic carbocycles. The van der Waals surface area contributed by atoms with Gasteiger partial charge in [-0.1, -0.05) is 28.1 Å². The molecule has 2 atom stereocenters. The molecule has 0 saturated carbocycles. The lowest BCUT2D eigenvalue weighted by atomic mass is 9.91. The molecule has 1 N–H and O–H groups in total. The highest BCUT2D eigenvalue weighted by Gasteiger charge is 2.32. The topological polar surface area (TPSA) is 49.8 Å². The van der Waals surface area contributed by atoms with Crippen LogP contribution in [0.5, 0.6) is 5.75 Å². The summed E-state index contributed by atoms with van der Waals surface area (Å²) in [5.74, 6) is -0.951. The number of rotatable bonds is 5. The van der Waals surface area contributed by atoms with Crippen LogP contribution in [0.4, 0.5) is 4.39 Å². The van der Waals surface area contributed by atoms with Gasteiger partial charge in [0.15, 0.2) is 0 Å². The van der Waals surface area contributed by atoms with E-state index in [1.54, 1.807) is 13.2 Å². The second-order valence-corrected chi connectivity index (χ2v) is 7.43. The summed E-state index contributed by atoms with van der Waals surface area (Å²) in [6.07, 6.45) is 1.45. The van der Waals surface area contributed by atoms with Gasteiger partial charge in [0.2, 0.25) is 0 Å². The minimum absolute atomic E-state index is 0.278. The number of ether oxygens (including phenoxy) is 1. The molecule has 0 bridgehead atoms. The van der Waals surface area contributed by atoms with Gasteiger partial charge in [-0.3, -0.25) is 9.69 Å². The predicted octanol–water partition coefficient (Wildman–Crippen LogP) is 4.48. The van der Waals surface area contributed by atoms with Gasteiger partial charge >= 0.3 is 5.97 Å². The SMILES string of the molecule is COc1ccc(F)cc1C(c1cccc(Br)c1)N1CCCC(C(=O)O)C1. The van der Waals surface area contributed by atoms with Crippen molar-refractivity contribution in [2.45, 2.75) is 18.9 Å². The fourth-order valence-electron chi connectivity index (χ4n) is 3.63. The molecule has 6 heteroatoms. The van der Waals surface area contributed by atoms with E-state index in [1.165, 1.54) is 12.1 Å². The van der Waals surface area contributed by atoms with Gasteiger partial charge in [-0.25, -0.2) is 4.39 Å². The monoisotopic (exact) mass is 421 g/mol. The van der Waals surface area contributed by atoms with Crippen LogP contribution in [-0.4, -0.2) is 36.2 Å². The van der Waals surface area contributed by atoms with Gasteiger partial charge in [-0.15, -0.1) is 0 Å². The van der Waals surface area contributed by atoms with Crippen LogP contribution in [0.25, 0.3) is 0 Å². The van der Waals surface area contributed by atoms with Crippen molar-refractivity contribution >= 4 is 21.9 Å². The third kappa shape index (κ3) is 4.07. The van der Waals surface area contributed by atoms with Crippen LogP contribution in [0.15, 0.2) is 46.9 Å². The largest absolute Gasteiger partial charge is 0.496 e. The number of aliphatic carboxylic acids is 1. The number of halogens is 2. The first kappa shape index (κ1) is 18.9. The highest BCUT2D eigenvalue weighted by molar-refractivity contribution is 9.10. The second-order valence-electron chi connectivity index (χ2n) is 6.52. The molecule has 0 aromatic heterocycles. The lowest BCUT2D eigenvalue weighted by molar-refractivity contribution is -0.143. The van der Waals surface area contributed by atoms with E-state index in [0.717, 1.165) is 23.0 Å². The number of benzene rings is 2. The molecule has 1 saturated heterocycles. The summed E-state index contributed by atoms with van der Waals surface area (Å²) >= 11 is 3.49. The highest BCUT2D eigenvalue weighted by atomic mass is 79.9. The summed E-state index contributed by atoms with van der Waals surface area (Å²) in [4.78, 5) is 13.6. The van der Waals surface area contributed by atoms with Gasteiger partial charge in [0.25, 0.3) is 0 Å². The van der Waals surface area contributed by atoms with E-state index >= 15 is 0 Å². The molecule has 2 aromatic carbocycles. The van der Waals surface area contributed by atoms with E-state index in [9.17, 15) is 14.3 Å². The zero-order valence-corrected chi connectivity index (χ0v) is 16.1. The summed E-state index contributed by atoms with van der Waals surface area (Å²) < 4.78 is 20.4. The molecule has 1 aliphatic rings. The highest BCUT2D eigenvalue weighted by Crippen LogP contribution is 2.38. The van der Waals surface area contributed by atoms with Crippen LogP contribution in [0.2, 0.25) is 0 Å². The number of carbonyl (C=O) groups is 1. The Balaban J connectivity index is 2.08. The van der Waals surface area contributed by atoms with Crippen molar-refractivity contribution in [2.75, 3.05) is 20.2 Å². The smallest absolute Gasteiger partial charge is 0.307 e. The Hall–Kier alpha value is -1.92. The minimum Gasteiger partial charge on any atom is -0.496 e. The van der Waals surface area contributed by atoms with Crippen molar-refractivity contribution in [3.8, 4) is 5.75 Å². The van der Waals surface area contributed by atoms with E-state index in [0.29, 0.717) is 24.3 Å². The van der Waals surface area contributed by atoms with E-state index in [-0.39, 0.29) is 11.9 Å². The van der Waals surface area contributed by atoms with E-state index in [2.05, 4.69) is 20.8 Å². The van der Waals surface area contributed by atoms with E-state index < -0.39 is 11.9 Å². The lowest BCUT2D eigenvalue weighted by Crippen LogP contribution is -2.41. The van der Waals surface area contributed by atoms with Crippen LogP contribution < -0.4 is 4.74 Å². The summed E-state index contributed by atoms with van der Waals surface area (Å²) in [6, 6.07) is 12.0. The maximum Gasteiger partial charge on any atom is 0.307 e. The zero-order valence-electron chi connectivity index (χ0n) is 14.5. The Bertz CT molecular complexity index is 798. The average Bonchev–Trinajstić information content (AvgIpc) is 2.62. The number of nitrogens with zero attached hydrogens (tertiary/aromatic N) is 1. The third-order valence-corrected chi connectivity index (χ3v) is 5.31. The molecule has 0 amide bonds. The van der Waals surface area contributed by atoms with E-state index in [1.807, 2.05) is 24.3 Å². The molecule has 3 rings (SSSR count).